The fourth-order valence-electron chi connectivity index (χ4n) is 2.87. The lowest BCUT2D eigenvalue weighted by molar-refractivity contribution is 0.102. The molecule has 26 heavy (non-hydrogen) atoms. The molecule has 8 heteroatoms. The molecule has 1 saturated heterocycles. The number of anilines is 1. The second-order valence-corrected chi connectivity index (χ2v) is 8.31. The van der Waals surface area contributed by atoms with Gasteiger partial charge in [-0.1, -0.05) is 17.7 Å². The van der Waals surface area contributed by atoms with Gasteiger partial charge in [-0.2, -0.15) is 4.31 Å². The number of ether oxygens (including phenoxy) is 1. The number of amides is 1. The molecule has 1 N–H and O–H groups in total. The zero-order valence-corrected chi connectivity index (χ0v) is 15.8. The Bertz CT molecular complexity index is 925. The number of methoxy groups -OCH3 is 1. The molecule has 2 aromatic carbocycles. The van der Waals surface area contributed by atoms with E-state index in [9.17, 15) is 13.2 Å². The highest BCUT2D eigenvalue weighted by Crippen LogP contribution is 2.27. The van der Waals surface area contributed by atoms with Gasteiger partial charge in [0.25, 0.3) is 5.91 Å². The summed E-state index contributed by atoms with van der Waals surface area (Å²) in [6.45, 7) is 0.997. The molecule has 2 aromatic rings. The number of benzene rings is 2. The molecule has 1 aliphatic rings. The van der Waals surface area contributed by atoms with Crippen LogP contribution in [0.2, 0.25) is 5.02 Å². The van der Waals surface area contributed by atoms with Gasteiger partial charge in [0, 0.05) is 23.8 Å². The molecule has 0 radical (unpaired) electrons. The number of halogens is 1. The van der Waals surface area contributed by atoms with Gasteiger partial charge >= 0.3 is 0 Å². The number of rotatable bonds is 5. The SMILES string of the molecule is COc1ccc(S(=O)(=O)N2CCCC2)cc1C(=O)Nc1cccc(Cl)c1. The molecular formula is C18H19ClN2O4S. The van der Waals surface area contributed by atoms with Gasteiger partial charge in [-0.25, -0.2) is 8.42 Å². The third-order valence-electron chi connectivity index (χ3n) is 4.20. The van der Waals surface area contributed by atoms with Crippen molar-refractivity contribution in [1.82, 2.24) is 4.31 Å². The van der Waals surface area contributed by atoms with Gasteiger partial charge in [0.15, 0.2) is 0 Å². The number of carbonyl (C=O) groups is 1. The molecule has 1 aliphatic heterocycles. The molecule has 0 unspecified atom stereocenters. The van der Waals surface area contributed by atoms with Crippen LogP contribution in [-0.4, -0.2) is 38.8 Å². The van der Waals surface area contributed by atoms with Crippen molar-refractivity contribution in [1.29, 1.82) is 0 Å². The van der Waals surface area contributed by atoms with E-state index in [0.29, 0.717) is 29.5 Å². The zero-order valence-electron chi connectivity index (χ0n) is 14.2. The van der Waals surface area contributed by atoms with Crippen LogP contribution in [0.3, 0.4) is 0 Å². The lowest BCUT2D eigenvalue weighted by atomic mass is 10.2. The quantitative estimate of drug-likeness (QED) is 0.843. The van der Waals surface area contributed by atoms with Crippen LogP contribution in [0.1, 0.15) is 23.2 Å². The number of carbonyl (C=O) groups excluding carboxylic acids is 1. The number of nitrogens with zero attached hydrogens (tertiary/aromatic N) is 1. The number of hydrogen-bond donors (Lipinski definition) is 1. The summed E-state index contributed by atoms with van der Waals surface area (Å²) in [5.41, 5.74) is 0.658. The van der Waals surface area contributed by atoms with Crippen LogP contribution in [0, 0.1) is 0 Å². The summed E-state index contributed by atoms with van der Waals surface area (Å²) in [5, 5.41) is 3.20. The predicted molar refractivity (Wildman–Crippen MR) is 100 cm³/mol. The average molecular weight is 395 g/mol. The van der Waals surface area contributed by atoms with E-state index in [2.05, 4.69) is 5.32 Å². The molecule has 0 bridgehead atoms. The molecular weight excluding hydrogens is 376 g/mol. The number of sulfonamides is 1. The normalized spacial score (nSPS) is 15.0. The van der Waals surface area contributed by atoms with Crippen molar-refractivity contribution in [2.45, 2.75) is 17.7 Å². The van der Waals surface area contributed by atoms with Crippen molar-refractivity contribution in [2.24, 2.45) is 0 Å². The molecule has 1 heterocycles. The van der Waals surface area contributed by atoms with E-state index in [-0.39, 0.29) is 10.5 Å². The Hall–Kier alpha value is -2.09. The van der Waals surface area contributed by atoms with Crippen LogP contribution in [0.4, 0.5) is 5.69 Å². The average Bonchev–Trinajstić information content (AvgIpc) is 3.16. The second kappa shape index (κ2) is 7.65. The van der Waals surface area contributed by atoms with Gasteiger partial charge in [-0.05, 0) is 49.2 Å². The first-order chi connectivity index (χ1) is 12.4. The van der Waals surface area contributed by atoms with E-state index in [1.807, 2.05) is 0 Å². The number of nitrogens with one attached hydrogen (secondary N) is 1. The molecule has 138 valence electrons. The molecule has 0 spiro atoms. The summed E-state index contributed by atoms with van der Waals surface area (Å²) in [4.78, 5) is 12.7. The first-order valence-corrected chi connectivity index (χ1v) is 9.99. The fraction of sp³-hybridized carbons (Fsp3) is 0.278. The van der Waals surface area contributed by atoms with Gasteiger partial charge in [0.2, 0.25) is 10.0 Å². The Labute approximate surface area is 157 Å². The molecule has 3 rings (SSSR count). The third-order valence-corrected chi connectivity index (χ3v) is 6.33. The summed E-state index contributed by atoms with van der Waals surface area (Å²) in [6, 6.07) is 11.0. The highest BCUT2D eigenvalue weighted by atomic mass is 35.5. The predicted octanol–water partition coefficient (Wildman–Crippen LogP) is 3.39. The van der Waals surface area contributed by atoms with Crippen LogP contribution in [0.25, 0.3) is 0 Å². The summed E-state index contributed by atoms with van der Waals surface area (Å²) in [5.74, 6) is -0.174. The summed E-state index contributed by atoms with van der Waals surface area (Å²) in [6.07, 6.45) is 1.69. The highest BCUT2D eigenvalue weighted by molar-refractivity contribution is 7.89. The lowest BCUT2D eigenvalue weighted by Gasteiger charge is -2.17. The fourth-order valence-corrected chi connectivity index (χ4v) is 4.60. The van der Waals surface area contributed by atoms with Gasteiger partial charge in [-0.3, -0.25) is 4.79 Å². The Balaban J connectivity index is 1.93. The first-order valence-electron chi connectivity index (χ1n) is 8.17. The van der Waals surface area contributed by atoms with E-state index < -0.39 is 15.9 Å². The van der Waals surface area contributed by atoms with Crippen molar-refractivity contribution in [3.8, 4) is 5.75 Å². The maximum Gasteiger partial charge on any atom is 0.259 e. The molecule has 0 aromatic heterocycles. The van der Waals surface area contributed by atoms with E-state index in [4.69, 9.17) is 16.3 Å². The van der Waals surface area contributed by atoms with Crippen molar-refractivity contribution >= 4 is 33.2 Å². The zero-order chi connectivity index (χ0) is 18.7. The van der Waals surface area contributed by atoms with Crippen LogP contribution in [-0.2, 0) is 10.0 Å². The summed E-state index contributed by atoms with van der Waals surface area (Å²) < 4.78 is 32.2. The van der Waals surface area contributed by atoms with E-state index in [1.165, 1.54) is 29.6 Å². The largest absolute Gasteiger partial charge is 0.496 e. The minimum atomic E-state index is -3.62. The summed E-state index contributed by atoms with van der Waals surface area (Å²) in [7, 11) is -2.19. The topological polar surface area (TPSA) is 75.7 Å². The van der Waals surface area contributed by atoms with Crippen LogP contribution >= 0.6 is 11.6 Å². The van der Waals surface area contributed by atoms with E-state index in [0.717, 1.165) is 12.8 Å². The molecule has 1 fully saturated rings. The minimum Gasteiger partial charge on any atom is -0.496 e. The standard InChI is InChI=1S/C18H19ClN2O4S/c1-25-17-8-7-15(26(23,24)21-9-2-3-10-21)12-16(17)18(22)20-14-6-4-5-13(19)11-14/h4-8,11-12H,2-3,9-10H2,1H3,(H,20,22). The van der Waals surface area contributed by atoms with Gasteiger partial charge < -0.3 is 10.1 Å². The summed E-state index contributed by atoms with van der Waals surface area (Å²) >= 11 is 5.93. The van der Waals surface area contributed by atoms with Gasteiger partial charge in [-0.15, -0.1) is 0 Å². The van der Waals surface area contributed by atoms with Crippen molar-refractivity contribution in [2.75, 3.05) is 25.5 Å². The Morgan fingerprint density at radius 2 is 1.88 bits per heavy atom. The van der Waals surface area contributed by atoms with Crippen molar-refractivity contribution < 1.29 is 17.9 Å². The maximum atomic E-state index is 12.7. The Morgan fingerprint density at radius 3 is 2.54 bits per heavy atom. The molecule has 6 nitrogen and oxygen atoms in total. The molecule has 1 amide bonds. The first kappa shape index (κ1) is 18.7. The third kappa shape index (κ3) is 3.85. The van der Waals surface area contributed by atoms with Crippen molar-refractivity contribution in [3.05, 3.63) is 53.1 Å². The van der Waals surface area contributed by atoms with Crippen LogP contribution in [0.5, 0.6) is 5.75 Å². The highest BCUT2D eigenvalue weighted by Gasteiger charge is 2.28. The van der Waals surface area contributed by atoms with Crippen LogP contribution < -0.4 is 10.1 Å². The smallest absolute Gasteiger partial charge is 0.259 e. The van der Waals surface area contributed by atoms with Crippen molar-refractivity contribution in [3.63, 3.8) is 0 Å². The Morgan fingerprint density at radius 1 is 1.15 bits per heavy atom. The molecule has 0 atom stereocenters. The Kier molecular flexibility index (Phi) is 5.50. The van der Waals surface area contributed by atoms with Crippen LogP contribution in [0.15, 0.2) is 47.4 Å². The van der Waals surface area contributed by atoms with E-state index >= 15 is 0 Å². The monoisotopic (exact) mass is 394 g/mol. The molecule has 0 aliphatic carbocycles. The second-order valence-electron chi connectivity index (χ2n) is 5.94. The van der Waals surface area contributed by atoms with E-state index in [1.54, 1.807) is 24.3 Å². The number of hydrogen-bond acceptors (Lipinski definition) is 4. The van der Waals surface area contributed by atoms with Gasteiger partial charge in [0.05, 0.1) is 17.6 Å². The lowest BCUT2D eigenvalue weighted by Crippen LogP contribution is -2.28. The maximum absolute atomic E-state index is 12.7. The molecule has 0 saturated carbocycles. The van der Waals surface area contributed by atoms with Gasteiger partial charge in [0.1, 0.15) is 5.75 Å². The minimum absolute atomic E-state index is 0.0800.